The lowest BCUT2D eigenvalue weighted by Gasteiger charge is -2.32. The van der Waals surface area contributed by atoms with E-state index in [1.165, 1.54) is 12.1 Å². The Balaban J connectivity index is 1.71. The Labute approximate surface area is 140 Å². The average Bonchev–Trinajstić information content (AvgIpc) is 3.02. The van der Waals surface area contributed by atoms with Gasteiger partial charge in [-0.25, -0.2) is 9.37 Å². The first kappa shape index (κ1) is 16.6. The van der Waals surface area contributed by atoms with Crippen molar-refractivity contribution in [3.05, 3.63) is 53.4 Å². The van der Waals surface area contributed by atoms with Crippen LogP contribution in [0.1, 0.15) is 28.0 Å². The number of benzene rings is 1. The van der Waals surface area contributed by atoms with Crippen molar-refractivity contribution in [1.82, 2.24) is 19.8 Å². The van der Waals surface area contributed by atoms with Gasteiger partial charge in [0.2, 0.25) is 0 Å². The highest BCUT2D eigenvalue weighted by Gasteiger charge is 2.28. The summed E-state index contributed by atoms with van der Waals surface area (Å²) in [6.07, 6.45) is 1.45. The van der Waals surface area contributed by atoms with Gasteiger partial charge in [-0.05, 0) is 26.2 Å². The van der Waals surface area contributed by atoms with Gasteiger partial charge >= 0.3 is 0 Å². The zero-order valence-electron chi connectivity index (χ0n) is 13.8. The van der Waals surface area contributed by atoms with E-state index in [1.54, 1.807) is 23.2 Å². The maximum atomic E-state index is 13.8. The molecule has 6 nitrogen and oxygen atoms in total. The monoisotopic (exact) mass is 332 g/mol. The molecule has 1 N–H and O–H groups in total. The molecule has 0 aliphatic carbocycles. The van der Waals surface area contributed by atoms with Crippen LogP contribution in [-0.2, 0) is 11.3 Å². The van der Waals surface area contributed by atoms with Gasteiger partial charge in [0.05, 0.1) is 18.7 Å². The fourth-order valence-corrected chi connectivity index (χ4v) is 2.77. The first-order chi connectivity index (χ1) is 11.5. The molecular weight excluding hydrogens is 311 g/mol. The van der Waals surface area contributed by atoms with E-state index >= 15 is 0 Å². The van der Waals surface area contributed by atoms with Gasteiger partial charge in [-0.2, -0.15) is 0 Å². The number of nitrogens with zero attached hydrogens (tertiary/aromatic N) is 3. The summed E-state index contributed by atoms with van der Waals surface area (Å²) >= 11 is 0. The Morgan fingerprint density at radius 1 is 1.46 bits per heavy atom. The number of aromatic amines is 1. The van der Waals surface area contributed by atoms with Crippen molar-refractivity contribution in [2.45, 2.75) is 12.6 Å². The molecule has 1 aliphatic heterocycles. The van der Waals surface area contributed by atoms with Crippen LogP contribution in [0.25, 0.3) is 0 Å². The molecule has 1 fully saturated rings. The molecule has 3 rings (SSSR count). The van der Waals surface area contributed by atoms with Gasteiger partial charge in [-0.1, -0.05) is 12.1 Å². The SMILES string of the molecule is CN(C)Cc1cnc([C@H]2CN(C(=O)c3ccccc3F)CCO2)[nH]1. The lowest BCUT2D eigenvalue weighted by Crippen LogP contribution is -2.42. The number of hydrogen-bond donors (Lipinski definition) is 1. The van der Waals surface area contributed by atoms with E-state index in [-0.39, 0.29) is 17.6 Å². The molecule has 0 unspecified atom stereocenters. The number of carbonyl (C=O) groups excluding carboxylic acids is 1. The maximum absolute atomic E-state index is 13.8. The van der Waals surface area contributed by atoms with Gasteiger partial charge in [0.15, 0.2) is 0 Å². The van der Waals surface area contributed by atoms with Crippen molar-refractivity contribution in [2.24, 2.45) is 0 Å². The predicted octanol–water partition coefficient (Wildman–Crippen LogP) is 1.82. The number of nitrogens with one attached hydrogen (secondary N) is 1. The molecule has 128 valence electrons. The molecule has 0 spiro atoms. The van der Waals surface area contributed by atoms with Crippen LogP contribution in [0.4, 0.5) is 4.39 Å². The molecule has 2 heterocycles. The van der Waals surface area contributed by atoms with Crippen LogP contribution < -0.4 is 0 Å². The first-order valence-corrected chi connectivity index (χ1v) is 7.88. The molecule has 7 heteroatoms. The van der Waals surface area contributed by atoms with Gasteiger partial charge in [0.25, 0.3) is 5.91 Å². The Morgan fingerprint density at radius 2 is 2.25 bits per heavy atom. The molecule has 2 aromatic rings. The highest BCUT2D eigenvalue weighted by molar-refractivity contribution is 5.94. The average molecular weight is 332 g/mol. The number of rotatable bonds is 4. The van der Waals surface area contributed by atoms with E-state index in [9.17, 15) is 9.18 Å². The predicted molar refractivity (Wildman–Crippen MR) is 87.0 cm³/mol. The molecule has 0 bridgehead atoms. The largest absolute Gasteiger partial charge is 0.367 e. The number of imidazole rings is 1. The minimum atomic E-state index is -0.503. The quantitative estimate of drug-likeness (QED) is 0.928. The molecule has 1 saturated heterocycles. The Kier molecular flexibility index (Phi) is 4.92. The number of H-pyrrole nitrogens is 1. The maximum Gasteiger partial charge on any atom is 0.257 e. The van der Waals surface area contributed by atoms with Crippen LogP contribution >= 0.6 is 0 Å². The van der Waals surface area contributed by atoms with Crippen LogP contribution in [0.5, 0.6) is 0 Å². The molecule has 1 aromatic heterocycles. The van der Waals surface area contributed by atoms with Gasteiger partial charge in [-0.3, -0.25) is 4.79 Å². The van der Waals surface area contributed by atoms with Crippen LogP contribution in [0.2, 0.25) is 0 Å². The minimum Gasteiger partial charge on any atom is -0.367 e. The van der Waals surface area contributed by atoms with E-state index in [0.717, 1.165) is 12.2 Å². The van der Waals surface area contributed by atoms with E-state index in [0.29, 0.717) is 25.5 Å². The zero-order valence-corrected chi connectivity index (χ0v) is 13.8. The second-order valence-corrected chi connectivity index (χ2v) is 6.12. The van der Waals surface area contributed by atoms with Crippen molar-refractivity contribution in [2.75, 3.05) is 33.8 Å². The summed E-state index contributed by atoms with van der Waals surface area (Å²) < 4.78 is 19.6. The standard InChI is InChI=1S/C17H21FN4O2/c1-21(2)10-12-9-19-16(20-12)15-11-22(7-8-24-15)17(23)13-5-3-4-6-14(13)18/h3-6,9,15H,7-8,10-11H2,1-2H3,(H,19,20)/t15-/m1/s1. The van der Waals surface area contributed by atoms with Crippen molar-refractivity contribution in [3.63, 3.8) is 0 Å². The summed E-state index contributed by atoms with van der Waals surface area (Å²) in [4.78, 5) is 23.8. The second-order valence-electron chi connectivity index (χ2n) is 6.12. The van der Waals surface area contributed by atoms with Crippen LogP contribution in [0.3, 0.4) is 0 Å². The van der Waals surface area contributed by atoms with Gasteiger partial charge < -0.3 is 19.5 Å². The number of carbonyl (C=O) groups is 1. The highest BCUT2D eigenvalue weighted by Crippen LogP contribution is 2.22. The number of hydrogen-bond acceptors (Lipinski definition) is 4. The van der Waals surface area contributed by atoms with Gasteiger partial charge in [0.1, 0.15) is 17.7 Å². The van der Waals surface area contributed by atoms with Crippen molar-refractivity contribution < 1.29 is 13.9 Å². The Morgan fingerprint density at radius 3 is 3.00 bits per heavy atom. The number of aromatic nitrogens is 2. The van der Waals surface area contributed by atoms with Crippen molar-refractivity contribution >= 4 is 5.91 Å². The second kappa shape index (κ2) is 7.11. The molecule has 0 radical (unpaired) electrons. The smallest absolute Gasteiger partial charge is 0.257 e. The molecule has 1 aromatic carbocycles. The van der Waals surface area contributed by atoms with Gasteiger partial charge in [-0.15, -0.1) is 0 Å². The van der Waals surface area contributed by atoms with Crippen LogP contribution in [0, 0.1) is 5.82 Å². The normalized spacial score (nSPS) is 18.2. The number of halogens is 1. The number of amides is 1. The summed E-state index contributed by atoms with van der Waals surface area (Å²) in [6, 6.07) is 6.03. The fourth-order valence-electron chi connectivity index (χ4n) is 2.77. The minimum absolute atomic E-state index is 0.0888. The molecule has 24 heavy (non-hydrogen) atoms. The van der Waals surface area contributed by atoms with Crippen LogP contribution in [-0.4, -0.2) is 59.5 Å². The van der Waals surface area contributed by atoms with Gasteiger partial charge in [0, 0.05) is 25.0 Å². The third-order valence-corrected chi connectivity index (χ3v) is 3.90. The number of morpholine rings is 1. The summed E-state index contributed by atoms with van der Waals surface area (Å²) in [5.41, 5.74) is 1.07. The lowest BCUT2D eigenvalue weighted by atomic mass is 10.1. The van der Waals surface area contributed by atoms with E-state index in [1.807, 2.05) is 19.0 Å². The zero-order chi connectivity index (χ0) is 17.1. The van der Waals surface area contributed by atoms with E-state index < -0.39 is 5.82 Å². The van der Waals surface area contributed by atoms with E-state index in [4.69, 9.17) is 4.74 Å². The first-order valence-electron chi connectivity index (χ1n) is 7.88. The summed E-state index contributed by atoms with van der Waals surface area (Å²) in [5.74, 6) is -0.129. The fraction of sp³-hybridized carbons (Fsp3) is 0.412. The summed E-state index contributed by atoms with van der Waals surface area (Å²) in [7, 11) is 3.96. The Hall–Kier alpha value is -2.25. The molecule has 1 aliphatic rings. The lowest BCUT2D eigenvalue weighted by molar-refractivity contribution is -0.0266. The van der Waals surface area contributed by atoms with Crippen LogP contribution in [0.15, 0.2) is 30.5 Å². The van der Waals surface area contributed by atoms with Crippen molar-refractivity contribution in [1.29, 1.82) is 0 Å². The molecular formula is C17H21FN4O2. The van der Waals surface area contributed by atoms with E-state index in [2.05, 4.69) is 9.97 Å². The van der Waals surface area contributed by atoms with Crippen molar-refractivity contribution in [3.8, 4) is 0 Å². The summed E-state index contributed by atoms with van der Waals surface area (Å²) in [6.45, 7) is 1.93. The summed E-state index contributed by atoms with van der Waals surface area (Å²) in [5, 5.41) is 0. The third kappa shape index (κ3) is 3.63. The molecule has 1 atom stereocenters. The molecule has 1 amide bonds. The topological polar surface area (TPSA) is 61.5 Å². The number of ether oxygens (including phenoxy) is 1. The molecule has 0 saturated carbocycles. The third-order valence-electron chi connectivity index (χ3n) is 3.90. The Bertz CT molecular complexity index is 716. The highest BCUT2D eigenvalue weighted by atomic mass is 19.1.